The lowest BCUT2D eigenvalue weighted by molar-refractivity contribution is 1.26. The lowest BCUT2D eigenvalue weighted by Gasteiger charge is -2.28. The summed E-state index contributed by atoms with van der Waals surface area (Å²) in [6.07, 6.45) is 0. The van der Waals surface area contributed by atoms with Crippen LogP contribution in [0.15, 0.2) is 170 Å². The number of nitrogens with zero attached hydrogens (tertiary/aromatic N) is 2. The van der Waals surface area contributed by atoms with Crippen LogP contribution >= 0.6 is 0 Å². The molecule has 0 fully saturated rings. The summed E-state index contributed by atoms with van der Waals surface area (Å²) >= 11 is 0. The summed E-state index contributed by atoms with van der Waals surface area (Å²) in [4.78, 5) is 4.68. The highest BCUT2D eigenvalue weighted by molar-refractivity contribution is 5.99. The molecule has 0 saturated carbocycles. The Kier molecular flexibility index (Phi) is 7.40. The molecule has 0 spiro atoms. The van der Waals surface area contributed by atoms with Crippen molar-refractivity contribution in [2.45, 2.75) is 13.8 Å². The van der Waals surface area contributed by atoms with Crippen LogP contribution in [0.5, 0.6) is 0 Å². The van der Waals surface area contributed by atoms with E-state index in [4.69, 9.17) is 0 Å². The van der Waals surface area contributed by atoms with E-state index in [0.717, 1.165) is 28.4 Å². The fourth-order valence-electron chi connectivity index (χ4n) is 6.19. The molecule has 0 amide bonds. The van der Waals surface area contributed by atoms with E-state index < -0.39 is 0 Å². The molecule has 44 heavy (non-hydrogen) atoms. The lowest BCUT2D eigenvalue weighted by Crippen LogP contribution is -2.11. The fourth-order valence-corrected chi connectivity index (χ4v) is 6.19. The standard InChI is InChI=1S/C42H34N2/c1-31-29-37(43(34-17-6-3-7-18-34)35-19-8-4-9-20-35)25-27-39(31)40-28-26-38(30-32(40)2)44(36-21-10-5-11-22-36)42-24-14-16-33-15-12-13-23-41(33)42/h3-30H,1-2H3. The predicted molar refractivity (Wildman–Crippen MR) is 188 cm³/mol. The minimum atomic E-state index is 1.14. The number of anilines is 6. The highest BCUT2D eigenvalue weighted by Gasteiger charge is 2.18. The second-order valence-corrected chi connectivity index (χ2v) is 11.2. The first-order valence-corrected chi connectivity index (χ1v) is 15.1. The third kappa shape index (κ3) is 5.23. The molecule has 2 heteroatoms. The van der Waals surface area contributed by atoms with Crippen LogP contribution in [0.25, 0.3) is 21.9 Å². The monoisotopic (exact) mass is 566 g/mol. The van der Waals surface area contributed by atoms with Gasteiger partial charge in [-0.05, 0) is 108 Å². The molecule has 0 bridgehead atoms. The average molecular weight is 567 g/mol. The first-order chi connectivity index (χ1) is 21.7. The molecule has 0 heterocycles. The molecule has 7 aromatic rings. The molecule has 212 valence electrons. The maximum atomic E-state index is 2.37. The molecule has 2 nitrogen and oxygen atoms in total. The van der Waals surface area contributed by atoms with Crippen molar-refractivity contribution in [1.29, 1.82) is 0 Å². The zero-order chi connectivity index (χ0) is 29.9. The van der Waals surface area contributed by atoms with Gasteiger partial charge in [0.25, 0.3) is 0 Å². The maximum absolute atomic E-state index is 2.37. The Labute approximate surface area is 260 Å². The number of rotatable bonds is 7. The van der Waals surface area contributed by atoms with Crippen LogP contribution in [-0.4, -0.2) is 0 Å². The van der Waals surface area contributed by atoms with E-state index in [2.05, 4.69) is 194 Å². The normalized spacial score (nSPS) is 11.0. The number of fused-ring (bicyclic) bond motifs is 1. The SMILES string of the molecule is Cc1cc(N(c2ccccc2)c2ccccc2)ccc1-c1ccc(N(c2ccccc2)c2cccc3ccccc23)cc1C. The van der Waals surface area contributed by atoms with Gasteiger partial charge in [0.2, 0.25) is 0 Å². The van der Waals surface area contributed by atoms with Gasteiger partial charge in [-0.15, -0.1) is 0 Å². The van der Waals surface area contributed by atoms with Crippen molar-refractivity contribution >= 4 is 44.9 Å². The van der Waals surface area contributed by atoms with E-state index in [1.165, 1.54) is 38.7 Å². The quantitative estimate of drug-likeness (QED) is 0.189. The summed E-state index contributed by atoms with van der Waals surface area (Å²) in [6.45, 7) is 4.44. The van der Waals surface area contributed by atoms with Gasteiger partial charge in [0, 0.05) is 33.8 Å². The van der Waals surface area contributed by atoms with Gasteiger partial charge in [-0.25, -0.2) is 0 Å². The molecule has 7 rings (SSSR count). The van der Waals surface area contributed by atoms with Crippen molar-refractivity contribution in [2.24, 2.45) is 0 Å². The third-order valence-corrected chi connectivity index (χ3v) is 8.28. The van der Waals surface area contributed by atoms with Gasteiger partial charge in [-0.1, -0.05) is 103 Å². The topological polar surface area (TPSA) is 6.48 Å². The molecule has 0 aliphatic rings. The van der Waals surface area contributed by atoms with Crippen molar-refractivity contribution < 1.29 is 0 Å². The van der Waals surface area contributed by atoms with Gasteiger partial charge >= 0.3 is 0 Å². The Hall–Kier alpha value is -5.60. The minimum Gasteiger partial charge on any atom is -0.310 e. The minimum absolute atomic E-state index is 1.14. The number of hydrogen-bond acceptors (Lipinski definition) is 2. The number of aryl methyl sites for hydroxylation is 2. The van der Waals surface area contributed by atoms with E-state index in [9.17, 15) is 0 Å². The summed E-state index contributed by atoms with van der Waals surface area (Å²) in [5.41, 5.74) is 11.8. The Morgan fingerprint density at radius 3 is 1.30 bits per heavy atom. The number of hydrogen-bond donors (Lipinski definition) is 0. The molecule has 0 aliphatic heterocycles. The van der Waals surface area contributed by atoms with Crippen LogP contribution in [0.1, 0.15) is 11.1 Å². The summed E-state index contributed by atoms with van der Waals surface area (Å²) in [5.74, 6) is 0. The van der Waals surface area contributed by atoms with Crippen LogP contribution in [0.4, 0.5) is 34.1 Å². The Balaban J connectivity index is 1.29. The van der Waals surface area contributed by atoms with Crippen molar-refractivity contribution in [3.63, 3.8) is 0 Å². The first-order valence-electron chi connectivity index (χ1n) is 15.1. The van der Waals surface area contributed by atoms with E-state index in [1.807, 2.05) is 0 Å². The highest BCUT2D eigenvalue weighted by Crippen LogP contribution is 2.41. The van der Waals surface area contributed by atoms with Gasteiger partial charge in [-0.2, -0.15) is 0 Å². The zero-order valence-corrected chi connectivity index (χ0v) is 25.1. The van der Waals surface area contributed by atoms with E-state index in [1.54, 1.807) is 0 Å². The second kappa shape index (κ2) is 11.9. The molecule has 0 N–H and O–H groups in total. The molecular weight excluding hydrogens is 532 g/mol. The van der Waals surface area contributed by atoms with Gasteiger partial charge in [-0.3, -0.25) is 0 Å². The van der Waals surface area contributed by atoms with Crippen LogP contribution in [0.2, 0.25) is 0 Å². The van der Waals surface area contributed by atoms with Crippen LogP contribution in [0, 0.1) is 13.8 Å². The van der Waals surface area contributed by atoms with Crippen molar-refractivity contribution in [1.82, 2.24) is 0 Å². The number of para-hydroxylation sites is 3. The summed E-state index contributed by atoms with van der Waals surface area (Å²) in [5, 5.41) is 2.46. The summed E-state index contributed by atoms with van der Waals surface area (Å²) in [6, 6.07) is 60.6. The third-order valence-electron chi connectivity index (χ3n) is 8.28. The van der Waals surface area contributed by atoms with Gasteiger partial charge in [0.1, 0.15) is 0 Å². The van der Waals surface area contributed by atoms with E-state index in [0.29, 0.717) is 0 Å². The van der Waals surface area contributed by atoms with Gasteiger partial charge < -0.3 is 9.80 Å². The van der Waals surface area contributed by atoms with Gasteiger partial charge in [0.15, 0.2) is 0 Å². The molecular formula is C42H34N2. The Morgan fingerprint density at radius 1 is 0.341 bits per heavy atom. The van der Waals surface area contributed by atoms with Crippen molar-refractivity contribution in [3.05, 3.63) is 181 Å². The number of benzene rings is 7. The molecule has 7 aromatic carbocycles. The average Bonchev–Trinajstić information content (AvgIpc) is 3.07. The van der Waals surface area contributed by atoms with E-state index >= 15 is 0 Å². The van der Waals surface area contributed by atoms with Crippen molar-refractivity contribution in [3.8, 4) is 11.1 Å². The molecule has 0 aliphatic carbocycles. The van der Waals surface area contributed by atoms with Crippen molar-refractivity contribution in [2.75, 3.05) is 9.80 Å². The molecule has 0 atom stereocenters. The molecule has 0 saturated heterocycles. The zero-order valence-electron chi connectivity index (χ0n) is 25.1. The van der Waals surface area contributed by atoms with Crippen LogP contribution in [0.3, 0.4) is 0 Å². The second-order valence-electron chi connectivity index (χ2n) is 11.2. The fraction of sp³-hybridized carbons (Fsp3) is 0.0476. The molecule has 0 aromatic heterocycles. The Morgan fingerprint density at radius 2 is 0.773 bits per heavy atom. The van der Waals surface area contributed by atoms with Crippen LogP contribution in [-0.2, 0) is 0 Å². The molecule has 0 radical (unpaired) electrons. The first kappa shape index (κ1) is 27.2. The Bertz CT molecular complexity index is 1990. The van der Waals surface area contributed by atoms with Gasteiger partial charge in [0.05, 0.1) is 5.69 Å². The summed E-state index contributed by atoms with van der Waals surface area (Å²) in [7, 11) is 0. The van der Waals surface area contributed by atoms with Crippen LogP contribution < -0.4 is 9.80 Å². The largest absolute Gasteiger partial charge is 0.310 e. The predicted octanol–water partition coefficient (Wildman–Crippen LogP) is 12.1. The maximum Gasteiger partial charge on any atom is 0.0540 e. The summed E-state index contributed by atoms with van der Waals surface area (Å²) < 4.78 is 0. The highest BCUT2D eigenvalue weighted by atomic mass is 15.1. The van der Waals surface area contributed by atoms with E-state index in [-0.39, 0.29) is 0 Å². The smallest absolute Gasteiger partial charge is 0.0540 e. The molecule has 0 unspecified atom stereocenters. The lowest BCUT2D eigenvalue weighted by atomic mass is 9.95.